The molecule has 6 nitrogen and oxygen atoms in total. The van der Waals surface area contributed by atoms with Gasteiger partial charge in [-0.05, 0) is 30.9 Å². The minimum absolute atomic E-state index is 0.0655. The molecule has 25 heavy (non-hydrogen) atoms. The number of carbonyl (C=O) groups is 1. The summed E-state index contributed by atoms with van der Waals surface area (Å²) < 4.78 is 30.3. The summed E-state index contributed by atoms with van der Waals surface area (Å²) in [5.41, 5.74) is 1.33. The average molecular weight is 391 g/mol. The SMILES string of the molecule is COc1cc(Cl)c(C)cc1NC(=O)CCN(CCC(C)C)S(C)(=O)=O. The number of sulfonamides is 1. The summed E-state index contributed by atoms with van der Waals surface area (Å²) in [5, 5.41) is 3.31. The van der Waals surface area contributed by atoms with Gasteiger partial charge in [-0.15, -0.1) is 0 Å². The highest BCUT2D eigenvalue weighted by atomic mass is 35.5. The predicted octanol–water partition coefficient (Wildman–Crippen LogP) is 3.29. The monoisotopic (exact) mass is 390 g/mol. The lowest BCUT2D eigenvalue weighted by Gasteiger charge is -2.21. The molecule has 0 aliphatic heterocycles. The number of rotatable bonds is 9. The van der Waals surface area contributed by atoms with Crippen molar-refractivity contribution in [3.8, 4) is 5.75 Å². The first-order valence-electron chi connectivity index (χ1n) is 8.13. The molecule has 1 rings (SSSR count). The number of carbonyl (C=O) groups excluding carboxylic acids is 1. The Labute approximate surface area is 155 Å². The molecule has 0 aliphatic rings. The van der Waals surface area contributed by atoms with Crippen molar-refractivity contribution < 1.29 is 17.9 Å². The van der Waals surface area contributed by atoms with Gasteiger partial charge in [0, 0.05) is 30.6 Å². The fourth-order valence-corrected chi connectivity index (χ4v) is 3.23. The van der Waals surface area contributed by atoms with Crippen LogP contribution in [-0.2, 0) is 14.8 Å². The first kappa shape index (κ1) is 21.7. The topological polar surface area (TPSA) is 75.7 Å². The van der Waals surface area contributed by atoms with Gasteiger partial charge in [-0.25, -0.2) is 12.7 Å². The standard InChI is InChI=1S/C17H27ClN2O4S/c1-12(2)6-8-20(25(5,22)23)9-7-17(21)19-15-10-13(3)14(18)11-16(15)24-4/h10-12H,6-9H2,1-5H3,(H,19,21). The number of ether oxygens (including phenoxy) is 1. The molecule has 0 unspecified atom stereocenters. The number of nitrogens with zero attached hydrogens (tertiary/aromatic N) is 1. The van der Waals surface area contributed by atoms with E-state index in [1.807, 2.05) is 20.8 Å². The van der Waals surface area contributed by atoms with Gasteiger partial charge in [-0.2, -0.15) is 0 Å². The lowest BCUT2D eigenvalue weighted by Crippen LogP contribution is -2.34. The zero-order chi connectivity index (χ0) is 19.2. The molecule has 0 bridgehead atoms. The third kappa shape index (κ3) is 7.22. The second-order valence-corrected chi connectivity index (χ2v) is 8.83. The molecule has 0 fully saturated rings. The number of halogens is 1. The van der Waals surface area contributed by atoms with E-state index in [1.165, 1.54) is 11.4 Å². The van der Waals surface area contributed by atoms with E-state index in [0.29, 0.717) is 28.9 Å². The Kier molecular flexibility index (Phi) is 8.18. The second kappa shape index (κ2) is 9.40. The van der Waals surface area contributed by atoms with Crippen LogP contribution >= 0.6 is 11.6 Å². The number of hydrogen-bond donors (Lipinski definition) is 1. The third-order valence-electron chi connectivity index (χ3n) is 3.77. The van der Waals surface area contributed by atoms with E-state index in [1.54, 1.807) is 12.1 Å². The third-order valence-corrected chi connectivity index (χ3v) is 5.48. The lowest BCUT2D eigenvalue weighted by atomic mass is 10.1. The highest BCUT2D eigenvalue weighted by Gasteiger charge is 2.18. The van der Waals surface area contributed by atoms with E-state index in [2.05, 4.69) is 5.32 Å². The van der Waals surface area contributed by atoms with E-state index in [0.717, 1.165) is 18.2 Å². The van der Waals surface area contributed by atoms with Crippen molar-refractivity contribution in [2.45, 2.75) is 33.6 Å². The van der Waals surface area contributed by atoms with Gasteiger partial charge in [0.1, 0.15) is 5.75 Å². The van der Waals surface area contributed by atoms with E-state index in [4.69, 9.17) is 16.3 Å². The van der Waals surface area contributed by atoms with Crippen LogP contribution in [-0.4, -0.2) is 45.1 Å². The van der Waals surface area contributed by atoms with E-state index in [-0.39, 0.29) is 18.9 Å². The Bertz CT molecular complexity index is 705. The number of anilines is 1. The van der Waals surface area contributed by atoms with Crippen molar-refractivity contribution in [3.63, 3.8) is 0 Å². The van der Waals surface area contributed by atoms with Crippen molar-refractivity contribution in [1.29, 1.82) is 0 Å². The number of aryl methyl sites for hydroxylation is 1. The summed E-state index contributed by atoms with van der Waals surface area (Å²) >= 11 is 6.05. The van der Waals surface area contributed by atoms with Crippen molar-refractivity contribution >= 4 is 33.2 Å². The van der Waals surface area contributed by atoms with E-state index < -0.39 is 10.0 Å². The molecular weight excluding hydrogens is 364 g/mol. The maximum absolute atomic E-state index is 12.2. The highest BCUT2D eigenvalue weighted by molar-refractivity contribution is 7.88. The molecule has 8 heteroatoms. The Morgan fingerprint density at radius 1 is 1.32 bits per heavy atom. The number of amides is 1. The minimum atomic E-state index is -3.34. The molecule has 0 heterocycles. The van der Waals surface area contributed by atoms with E-state index >= 15 is 0 Å². The lowest BCUT2D eigenvalue weighted by molar-refractivity contribution is -0.116. The molecule has 0 aliphatic carbocycles. The summed E-state index contributed by atoms with van der Waals surface area (Å²) in [5.74, 6) is 0.571. The summed E-state index contributed by atoms with van der Waals surface area (Å²) in [6.45, 7) is 6.44. The Morgan fingerprint density at radius 2 is 1.96 bits per heavy atom. The molecule has 1 N–H and O–H groups in total. The fourth-order valence-electron chi connectivity index (χ4n) is 2.21. The van der Waals surface area contributed by atoms with Gasteiger partial charge in [0.2, 0.25) is 15.9 Å². The van der Waals surface area contributed by atoms with Crippen LogP contribution in [0.25, 0.3) is 0 Å². The largest absolute Gasteiger partial charge is 0.495 e. The molecule has 1 amide bonds. The molecule has 0 radical (unpaired) electrons. The Hall–Kier alpha value is -1.31. The molecule has 0 aromatic heterocycles. The summed E-state index contributed by atoms with van der Waals surface area (Å²) in [6.07, 6.45) is 1.98. The van der Waals surface area contributed by atoms with Gasteiger partial charge in [0.05, 0.1) is 19.1 Å². The van der Waals surface area contributed by atoms with Crippen LogP contribution in [0, 0.1) is 12.8 Å². The Morgan fingerprint density at radius 3 is 2.48 bits per heavy atom. The van der Waals surface area contributed by atoms with Crippen LogP contribution in [0.5, 0.6) is 5.75 Å². The number of hydrogen-bond acceptors (Lipinski definition) is 4. The highest BCUT2D eigenvalue weighted by Crippen LogP contribution is 2.31. The average Bonchev–Trinajstić information content (AvgIpc) is 2.48. The van der Waals surface area contributed by atoms with Gasteiger partial charge < -0.3 is 10.1 Å². The van der Waals surface area contributed by atoms with Crippen molar-refractivity contribution in [3.05, 3.63) is 22.7 Å². The molecule has 142 valence electrons. The number of benzene rings is 1. The predicted molar refractivity (Wildman–Crippen MR) is 102 cm³/mol. The maximum Gasteiger partial charge on any atom is 0.225 e. The van der Waals surface area contributed by atoms with Gasteiger partial charge >= 0.3 is 0 Å². The van der Waals surface area contributed by atoms with Crippen LogP contribution in [0.4, 0.5) is 5.69 Å². The molecule has 0 saturated carbocycles. The Balaban J connectivity index is 2.74. The van der Waals surface area contributed by atoms with Crippen LogP contribution in [0.15, 0.2) is 12.1 Å². The van der Waals surface area contributed by atoms with Crippen LogP contribution in [0.3, 0.4) is 0 Å². The van der Waals surface area contributed by atoms with Crippen LogP contribution < -0.4 is 10.1 Å². The molecular formula is C17H27ClN2O4S. The number of methoxy groups -OCH3 is 1. The van der Waals surface area contributed by atoms with Crippen LogP contribution in [0.1, 0.15) is 32.3 Å². The smallest absolute Gasteiger partial charge is 0.225 e. The molecule has 1 aromatic rings. The molecule has 0 atom stereocenters. The van der Waals surface area contributed by atoms with Gasteiger partial charge in [0.25, 0.3) is 0 Å². The summed E-state index contributed by atoms with van der Waals surface area (Å²) in [6, 6.07) is 3.37. The van der Waals surface area contributed by atoms with Crippen LogP contribution in [0.2, 0.25) is 5.02 Å². The van der Waals surface area contributed by atoms with Crippen molar-refractivity contribution in [1.82, 2.24) is 4.31 Å². The quantitative estimate of drug-likeness (QED) is 0.701. The molecule has 0 saturated heterocycles. The van der Waals surface area contributed by atoms with Crippen molar-refractivity contribution in [2.24, 2.45) is 5.92 Å². The first-order valence-corrected chi connectivity index (χ1v) is 10.4. The summed E-state index contributed by atoms with van der Waals surface area (Å²) in [7, 11) is -1.85. The normalized spacial score (nSPS) is 11.8. The van der Waals surface area contributed by atoms with Gasteiger partial charge in [-0.3, -0.25) is 4.79 Å². The summed E-state index contributed by atoms with van der Waals surface area (Å²) in [4.78, 5) is 12.2. The molecule has 1 aromatic carbocycles. The molecule has 0 spiro atoms. The van der Waals surface area contributed by atoms with Gasteiger partial charge in [0.15, 0.2) is 0 Å². The zero-order valence-corrected chi connectivity index (χ0v) is 17.0. The van der Waals surface area contributed by atoms with Crippen molar-refractivity contribution in [2.75, 3.05) is 31.8 Å². The number of nitrogens with one attached hydrogen (secondary N) is 1. The van der Waals surface area contributed by atoms with Gasteiger partial charge in [-0.1, -0.05) is 25.4 Å². The van der Waals surface area contributed by atoms with E-state index in [9.17, 15) is 13.2 Å². The maximum atomic E-state index is 12.2. The minimum Gasteiger partial charge on any atom is -0.495 e. The first-order chi connectivity index (χ1) is 11.5. The second-order valence-electron chi connectivity index (χ2n) is 6.44. The fraction of sp³-hybridized carbons (Fsp3) is 0.588. The zero-order valence-electron chi connectivity index (χ0n) is 15.4.